The first-order valence-electron chi connectivity index (χ1n) is 6.23. The molecule has 0 aromatic heterocycles. The van der Waals surface area contributed by atoms with E-state index in [-0.39, 0.29) is 0 Å². The number of hydrogen-bond acceptors (Lipinski definition) is 2. The van der Waals surface area contributed by atoms with Crippen LogP contribution in [0.25, 0.3) is 0 Å². The van der Waals surface area contributed by atoms with E-state index in [0.717, 1.165) is 6.42 Å². The second kappa shape index (κ2) is 5.69. The SMILES string of the molecule is CN(C)c1cccc(Cc2ccc(CN)cc2)c1. The first-order chi connectivity index (χ1) is 8.69. The molecule has 0 aliphatic heterocycles. The molecule has 0 saturated heterocycles. The monoisotopic (exact) mass is 240 g/mol. The van der Waals surface area contributed by atoms with Crippen LogP contribution in [0, 0.1) is 0 Å². The summed E-state index contributed by atoms with van der Waals surface area (Å²) < 4.78 is 0. The van der Waals surface area contributed by atoms with Crippen LogP contribution in [-0.4, -0.2) is 14.1 Å². The van der Waals surface area contributed by atoms with Crippen LogP contribution in [0.1, 0.15) is 16.7 Å². The van der Waals surface area contributed by atoms with E-state index >= 15 is 0 Å². The third kappa shape index (κ3) is 3.11. The maximum Gasteiger partial charge on any atom is 0.0363 e. The van der Waals surface area contributed by atoms with Crippen LogP contribution in [0.15, 0.2) is 48.5 Å². The second-order valence-electron chi connectivity index (χ2n) is 4.76. The number of nitrogens with zero attached hydrogens (tertiary/aromatic N) is 1. The highest BCUT2D eigenvalue weighted by atomic mass is 15.1. The first-order valence-corrected chi connectivity index (χ1v) is 6.23. The molecule has 0 heterocycles. The van der Waals surface area contributed by atoms with Gasteiger partial charge in [-0.15, -0.1) is 0 Å². The summed E-state index contributed by atoms with van der Waals surface area (Å²) in [4.78, 5) is 2.13. The van der Waals surface area contributed by atoms with E-state index in [0.29, 0.717) is 6.54 Å². The summed E-state index contributed by atoms with van der Waals surface area (Å²) in [5, 5.41) is 0. The first kappa shape index (κ1) is 12.7. The van der Waals surface area contributed by atoms with Crippen molar-refractivity contribution >= 4 is 5.69 Å². The summed E-state index contributed by atoms with van der Waals surface area (Å²) in [6.45, 7) is 0.608. The summed E-state index contributed by atoms with van der Waals surface area (Å²) in [5.41, 5.74) is 10.7. The molecular weight excluding hydrogens is 220 g/mol. The van der Waals surface area contributed by atoms with Gasteiger partial charge in [0.2, 0.25) is 0 Å². The van der Waals surface area contributed by atoms with E-state index < -0.39 is 0 Å². The minimum absolute atomic E-state index is 0.608. The number of nitrogens with two attached hydrogens (primary N) is 1. The summed E-state index contributed by atoms with van der Waals surface area (Å²) in [5.74, 6) is 0. The van der Waals surface area contributed by atoms with Crippen LogP contribution in [0.3, 0.4) is 0 Å². The van der Waals surface area contributed by atoms with Gasteiger partial charge in [-0.1, -0.05) is 36.4 Å². The van der Waals surface area contributed by atoms with Crippen molar-refractivity contribution in [1.82, 2.24) is 0 Å². The van der Waals surface area contributed by atoms with Gasteiger partial charge in [0.15, 0.2) is 0 Å². The fourth-order valence-electron chi connectivity index (χ4n) is 1.97. The van der Waals surface area contributed by atoms with Crippen molar-refractivity contribution in [3.63, 3.8) is 0 Å². The van der Waals surface area contributed by atoms with Crippen molar-refractivity contribution < 1.29 is 0 Å². The molecule has 2 heteroatoms. The lowest BCUT2D eigenvalue weighted by atomic mass is 10.0. The van der Waals surface area contributed by atoms with Gasteiger partial charge in [-0.25, -0.2) is 0 Å². The summed E-state index contributed by atoms with van der Waals surface area (Å²) in [7, 11) is 4.13. The van der Waals surface area contributed by atoms with Crippen LogP contribution in [0.4, 0.5) is 5.69 Å². The van der Waals surface area contributed by atoms with Crippen molar-refractivity contribution in [3.05, 3.63) is 65.2 Å². The minimum Gasteiger partial charge on any atom is -0.378 e. The molecule has 2 rings (SSSR count). The number of anilines is 1. The smallest absolute Gasteiger partial charge is 0.0363 e. The van der Waals surface area contributed by atoms with Crippen molar-refractivity contribution in [2.45, 2.75) is 13.0 Å². The van der Waals surface area contributed by atoms with E-state index in [1.54, 1.807) is 0 Å². The van der Waals surface area contributed by atoms with Gasteiger partial charge < -0.3 is 10.6 Å². The zero-order chi connectivity index (χ0) is 13.0. The Morgan fingerprint density at radius 2 is 1.56 bits per heavy atom. The average molecular weight is 240 g/mol. The van der Waals surface area contributed by atoms with Gasteiger partial charge in [-0.3, -0.25) is 0 Å². The van der Waals surface area contributed by atoms with Gasteiger partial charge in [0.1, 0.15) is 0 Å². The lowest BCUT2D eigenvalue weighted by Gasteiger charge is -2.13. The molecule has 0 amide bonds. The molecule has 0 saturated carbocycles. The zero-order valence-corrected chi connectivity index (χ0v) is 11.1. The Hall–Kier alpha value is -1.80. The predicted molar refractivity (Wildman–Crippen MR) is 77.9 cm³/mol. The Labute approximate surface area is 109 Å². The van der Waals surface area contributed by atoms with Gasteiger partial charge in [0.25, 0.3) is 0 Å². The van der Waals surface area contributed by atoms with Crippen molar-refractivity contribution in [2.75, 3.05) is 19.0 Å². The fraction of sp³-hybridized carbons (Fsp3) is 0.250. The third-order valence-electron chi connectivity index (χ3n) is 3.09. The largest absolute Gasteiger partial charge is 0.378 e. The van der Waals surface area contributed by atoms with E-state index in [4.69, 9.17) is 5.73 Å². The Morgan fingerprint density at radius 3 is 2.17 bits per heavy atom. The Bertz CT molecular complexity index is 501. The molecule has 0 unspecified atom stereocenters. The molecule has 2 aromatic carbocycles. The van der Waals surface area contributed by atoms with Gasteiger partial charge >= 0.3 is 0 Å². The van der Waals surface area contributed by atoms with Crippen LogP contribution in [0.2, 0.25) is 0 Å². The number of rotatable bonds is 4. The summed E-state index contributed by atoms with van der Waals surface area (Å²) >= 11 is 0. The molecule has 0 fully saturated rings. The zero-order valence-electron chi connectivity index (χ0n) is 11.1. The molecule has 2 nitrogen and oxygen atoms in total. The number of benzene rings is 2. The van der Waals surface area contributed by atoms with E-state index in [9.17, 15) is 0 Å². The van der Waals surface area contributed by atoms with Gasteiger partial charge in [0, 0.05) is 26.3 Å². The van der Waals surface area contributed by atoms with E-state index in [1.165, 1.54) is 22.4 Å². The van der Waals surface area contributed by atoms with Crippen LogP contribution >= 0.6 is 0 Å². The average Bonchev–Trinajstić information content (AvgIpc) is 2.40. The Morgan fingerprint density at radius 1 is 0.889 bits per heavy atom. The Kier molecular flexibility index (Phi) is 4.00. The lowest BCUT2D eigenvalue weighted by Crippen LogP contribution is -2.08. The molecule has 18 heavy (non-hydrogen) atoms. The molecule has 0 aliphatic rings. The molecule has 0 aliphatic carbocycles. The highest BCUT2D eigenvalue weighted by Gasteiger charge is 2.00. The highest BCUT2D eigenvalue weighted by molar-refractivity contribution is 5.48. The number of hydrogen-bond donors (Lipinski definition) is 1. The molecule has 94 valence electrons. The van der Waals surface area contributed by atoms with Gasteiger partial charge in [0.05, 0.1) is 0 Å². The van der Waals surface area contributed by atoms with Crippen LogP contribution < -0.4 is 10.6 Å². The van der Waals surface area contributed by atoms with Gasteiger partial charge in [-0.05, 0) is 35.2 Å². The molecular formula is C16H20N2. The van der Waals surface area contributed by atoms with Crippen LogP contribution in [-0.2, 0) is 13.0 Å². The van der Waals surface area contributed by atoms with E-state index in [1.807, 2.05) is 0 Å². The standard InChI is InChI=1S/C16H20N2/c1-18(2)16-5-3-4-15(11-16)10-13-6-8-14(12-17)9-7-13/h3-9,11H,10,12,17H2,1-2H3. The molecule has 0 radical (unpaired) electrons. The topological polar surface area (TPSA) is 29.3 Å². The van der Waals surface area contributed by atoms with Crippen molar-refractivity contribution in [1.29, 1.82) is 0 Å². The van der Waals surface area contributed by atoms with Gasteiger partial charge in [-0.2, -0.15) is 0 Å². The van der Waals surface area contributed by atoms with E-state index in [2.05, 4.69) is 67.5 Å². The molecule has 2 N–H and O–H groups in total. The third-order valence-corrected chi connectivity index (χ3v) is 3.09. The lowest BCUT2D eigenvalue weighted by molar-refractivity contribution is 1.06. The summed E-state index contributed by atoms with van der Waals surface area (Å²) in [6, 6.07) is 17.2. The second-order valence-corrected chi connectivity index (χ2v) is 4.76. The quantitative estimate of drug-likeness (QED) is 0.890. The van der Waals surface area contributed by atoms with Crippen molar-refractivity contribution in [2.24, 2.45) is 5.73 Å². The highest BCUT2D eigenvalue weighted by Crippen LogP contribution is 2.16. The minimum atomic E-state index is 0.608. The molecule has 0 spiro atoms. The maximum absolute atomic E-state index is 5.60. The van der Waals surface area contributed by atoms with Crippen LogP contribution in [0.5, 0.6) is 0 Å². The van der Waals surface area contributed by atoms with Crippen molar-refractivity contribution in [3.8, 4) is 0 Å². The summed E-state index contributed by atoms with van der Waals surface area (Å²) in [6.07, 6.45) is 0.965. The molecule has 0 bridgehead atoms. The fourth-order valence-corrected chi connectivity index (χ4v) is 1.97. The Balaban J connectivity index is 2.15. The molecule has 2 aromatic rings. The maximum atomic E-state index is 5.60. The normalized spacial score (nSPS) is 10.4. The predicted octanol–water partition coefficient (Wildman–Crippen LogP) is 2.80. The molecule has 0 atom stereocenters.